The van der Waals surface area contributed by atoms with Crippen molar-refractivity contribution in [2.75, 3.05) is 20.2 Å². The van der Waals surface area contributed by atoms with Crippen molar-refractivity contribution in [3.8, 4) is 0 Å². The topological polar surface area (TPSA) is 28.4 Å². The summed E-state index contributed by atoms with van der Waals surface area (Å²) in [6, 6.07) is 9.37. The average molecular weight is 314 g/mol. The van der Waals surface area contributed by atoms with E-state index >= 15 is 0 Å². The SMILES string of the molecule is CN(CCCc1cn(CCO)c2ccccc12)C1CCCCC1. The van der Waals surface area contributed by atoms with Crippen LogP contribution in [0.25, 0.3) is 10.9 Å². The summed E-state index contributed by atoms with van der Waals surface area (Å²) >= 11 is 0. The molecule has 3 rings (SSSR count). The summed E-state index contributed by atoms with van der Waals surface area (Å²) in [5.74, 6) is 0. The number of rotatable bonds is 7. The maximum absolute atomic E-state index is 9.25. The number of aliphatic hydroxyl groups is 1. The van der Waals surface area contributed by atoms with Crippen LogP contribution in [-0.4, -0.2) is 40.8 Å². The second kappa shape index (κ2) is 7.98. The summed E-state index contributed by atoms with van der Waals surface area (Å²) in [5.41, 5.74) is 2.67. The molecule has 2 aromatic rings. The molecule has 23 heavy (non-hydrogen) atoms. The highest BCUT2D eigenvalue weighted by atomic mass is 16.3. The van der Waals surface area contributed by atoms with E-state index in [-0.39, 0.29) is 6.61 Å². The molecule has 3 nitrogen and oxygen atoms in total. The maximum Gasteiger partial charge on any atom is 0.0610 e. The van der Waals surface area contributed by atoms with Crippen LogP contribution < -0.4 is 0 Å². The molecular weight excluding hydrogens is 284 g/mol. The molecule has 0 radical (unpaired) electrons. The van der Waals surface area contributed by atoms with Gasteiger partial charge in [0.05, 0.1) is 6.61 Å². The van der Waals surface area contributed by atoms with E-state index in [4.69, 9.17) is 0 Å². The van der Waals surface area contributed by atoms with Gasteiger partial charge in [-0.25, -0.2) is 0 Å². The Labute approximate surface area is 139 Å². The molecule has 0 spiro atoms. The van der Waals surface area contributed by atoms with Crippen molar-refractivity contribution in [1.82, 2.24) is 9.47 Å². The molecule has 1 aromatic carbocycles. The number of aryl methyl sites for hydroxylation is 1. The number of fused-ring (bicyclic) bond motifs is 1. The lowest BCUT2D eigenvalue weighted by molar-refractivity contribution is 0.190. The third-order valence-corrected chi connectivity index (χ3v) is 5.37. The molecule has 1 aliphatic carbocycles. The van der Waals surface area contributed by atoms with Gasteiger partial charge in [0.1, 0.15) is 0 Å². The zero-order valence-electron chi connectivity index (χ0n) is 14.4. The second-order valence-electron chi connectivity index (χ2n) is 6.96. The van der Waals surface area contributed by atoms with E-state index in [9.17, 15) is 5.11 Å². The van der Waals surface area contributed by atoms with E-state index in [0.717, 1.165) is 12.5 Å². The number of benzene rings is 1. The number of hydrogen-bond donors (Lipinski definition) is 1. The summed E-state index contributed by atoms with van der Waals surface area (Å²) < 4.78 is 2.19. The highest BCUT2D eigenvalue weighted by Gasteiger charge is 2.17. The first-order chi connectivity index (χ1) is 11.3. The van der Waals surface area contributed by atoms with Crippen LogP contribution in [0.3, 0.4) is 0 Å². The first-order valence-electron chi connectivity index (χ1n) is 9.17. The van der Waals surface area contributed by atoms with Crippen molar-refractivity contribution >= 4 is 10.9 Å². The first kappa shape index (κ1) is 16.5. The molecule has 0 aliphatic heterocycles. The van der Waals surface area contributed by atoms with E-state index in [0.29, 0.717) is 6.54 Å². The minimum atomic E-state index is 0.197. The van der Waals surface area contributed by atoms with Gasteiger partial charge in [0, 0.05) is 29.7 Å². The van der Waals surface area contributed by atoms with Gasteiger partial charge >= 0.3 is 0 Å². The van der Waals surface area contributed by atoms with Gasteiger partial charge in [-0.1, -0.05) is 37.5 Å². The zero-order valence-corrected chi connectivity index (χ0v) is 14.4. The summed E-state index contributed by atoms with van der Waals surface area (Å²) in [6.45, 7) is 2.06. The molecule has 0 unspecified atom stereocenters. The zero-order chi connectivity index (χ0) is 16.1. The van der Waals surface area contributed by atoms with Crippen LogP contribution in [0.2, 0.25) is 0 Å². The van der Waals surface area contributed by atoms with Gasteiger partial charge in [0.2, 0.25) is 0 Å². The van der Waals surface area contributed by atoms with Crippen molar-refractivity contribution in [3.05, 3.63) is 36.0 Å². The maximum atomic E-state index is 9.25. The third kappa shape index (κ3) is 3.96. The molecule has 1 N–H and O–H groups in total. The van der Waals surface area contributed by atoms with Gasteiger partial charge in [-0.15, -0.1) is 0 Å². The third-order valence-electron chi connectivity index (χ3n) is 5.37. The van der Waals surface area contributed by atoms with Crippen molar-refractivity contribution in [2.45, 2.75) is 57.5 Å². The Morgan fingerprint density at radius 2 is 1.96 bits per heavy atom. The van der Waals surface area contributed by atoms with Crippen LogP contribution in [0, 0.1) is 0 Å². The highest BCUT2D eigenvalue weighted by Crippen LogP contribution is 2.24. The standard InChI is InChI=1S/C20H30N2O/c1-21(18-9-3-2-4-10-18)13-7-8-17-16-22(14-15-23)20-12-6-5-11-19(17)20/h5-6,11-12,16,18,23H,2-4,7-10,13-15H2,1H3. The summed E-state index contributed by atoms with van der Waals surface area (Å²) in [6.07, 6.45) is 11.6. The van der Waals surface area contributed by atoms with Gasteiger partial charge in [-0.2, -0.15) is 0 Å². The Hall–Kier alpha value is -1.32. The molecule has 1 aliphatic rings. The number of aliphatic hydroxyl groups excluding tert-OH is 1. The fraction of sp³-hybridized carbons (Fsp3) is 0.600. The van der Waals surface area contributed by atoms with E-state index < -0.39 is 0 Å². The number of nitrogens with zero attached hydrogens (tertiary/aromatic N) is 2. The van der Waals surface area contributed by atoms with Crippen LogP contribution in [0.15, 0.2) is 30.5 Å². The highest BCUT2D eigenvalue weighted by molar-refractivity contribution is 5.83. The molecule has 1 fully saturated rings. The molecule has 0 atom stereocenters. The van der Waals surface area contributed by atoms with Crippen LogP contribution in [0.1, 0.15) is 44.1 Å². The Morgan fingerprint density at radius 3 is 2.74 bits per heavy atom. The van der Waals surface area contributed by atoms with Gasteiger partial charge in [0.25, 0.3) is 0 Å². The van der Waals surface area contributed by atoms with Crippen molar-refractivity contribution in [2.24, 2.45) is 0 Å². The van der Waals surface area contributed by atoms with Crippen LogP contribution in [-0.2, 0) is 13.0 Å². The predicted octanol–water partition coefficient (Wildman–Crippen LogP) is 3.83. The van der Waals surface area contributed by atoms with E-state index in [1.165, 1.54) is 61.5 Å². The molecular formula is C20H30N2O. The number of para-hydroxylation sites is 1. The molecule has 126 valence electrons. The molecule has 0 amide bonds. The van der Waals surface area contributed by atoms with E-state index in [2.05, 4.69) is 47.0 Å². The van der Waals surface area contributed by atoms with Crippen LogP contribution in [0.4, 0.5) is 0 Å². The number of aromatic nitrogens is 1. The van der Waals surface area contributed by atoms with E-state index in [1.54, 1.807) is 0 Å². The van der Waals surface area contributed by atoms with Crippen molar-refractivity contribution in [1.29, 1.82) is 0 Å². The lowest BCUT2D eigenvalue weighted by Crippen LogP contribution is -2.34. The lowest BCUT2D eigenvalue weighted by atomic mass is 9.94. The second-order valence-corrected chi connectivity index (χ2v) is 6.96. The Kier molecular flexibility index (Phi) is 5.74. The Morgan fingerprint density at radius 1 is 1.17 bits per heavy atom. The van der Waals surface area contributed by atoms with Crippen molar-refractivity contribution in [3.63, 3.8) is 0 Å². The van der Waals surface area contributed by atoms with Gasteiger partial charge in [0.15, 0.2) is 0 Å². The summed E-state index contributed by atoms with van der Waals surface area (Å²) in [7, 11) is 2.30. The monoisotopic (exact) mass is 314 g/mol. The normalized spacial score (nSPS) is 16.5. The minimum Gasteiger partial charge on any atom is -0.395 e. The summed E-state index contributed by atoms with van der Waals surface area (Å²) in [4.78, 5) is 2.58. The van der Waals surface area contributed by atoms with Crippen LogP contribution >= 0.6 is 0 Å². The predicted molar refractivity (Wildman–Crippen MR) is 96.8 cm³/mol. The lowest BCUT2D eigenvalue weighted by Gasteiger charge is -2.31. The molecule has 3 heteroatoms. The van der Waals surface area contributed by atoms with Crippen molar-refractivity contribution < 1.29 is 5.11 Å². The van der Waals surface area contributed by atoms with Gasteiger partial charge in [-0.3, -0.25) is 0 Å². The summed E-state index contributed by atoms with van der Waals surface area (Å²) in [5, 5.41) is 10.6. The molecule has 0 bridgehead atoms. The largest absolute Gasteiger partial charge is 0.395 e. The Balaban J connectivity index is 1.60. The number of hydrogen-bond acceptors (Lipinski definition) is 2. The molecule has 1 heterocycles. The quantitative estimate of drug-likeness (QED) is 0.841. The molecule has 0 saturated heterocycles. The smallest absolute Gasteiger partial charge is 0.0610 e. The average Bonchev–Trinajstić information content (AvgIpc) is 2.94. The van der Waals surface area contributed by atoms with E-state index in [1.807, 2.05) is 0 Å². The fourth-order valence-electron chi connectivity index (χ4n) is 4.04. The molecule has 1 aromatic heterocycles. The van der Waals surface area contributed by atoms with Gasteiger partial charge < -0.3 is 14.6 Å². The fourth-order valence-corrected chi connectivity index (χ4v) is 4.04. The van der Waals surface area contributed by atoms with Crippen LogP contribution in [0.5, 0.6) is 0 Å². The van der Waals surface area contributed by atoms with Gasteiger partial charge in [-0.05, 0) is 50.9 Å². The minimum absolute atomic E-state index is 0.197. The Bertz CT molecular complexity index is 613. The molecule has 1 saturated carbocycles. The first-order valence-corrected chi connectivity index (χ1v) is 9.17.